The molecular formula is C28H30N2O6. The van der Waals surface area contributed by atoms with Crippen LogP contribution in [0.3, 0.4) is 0 Å². The number of amides is 2. The van der Waals surface area contributed by atoms with E-state index in [9.17, 15) is 9.59 Å². The van der Waals surface area contributed by atoms with Crippen LogP contribution < -0.4 is 29.2 Å². The molecule has 1 heterocycles. The van der Waals surface area contributed by atoms with Crippen LogP contribution >= 0.6 is 0 Å². The van der Waals surface area contributed by atoms with Crippen LogP contribution in [0.2, 0.25) is 0 Å². The number of aryl methyl sites for hydroxylation is 1. The Morgan fingerprint density at radius 2 is 1.58 bits per heavy atom. The minimum absolute atomic E-state index is 0.143. The largest absolute Gasteiger partial charge is 0.494 e. The van der Waals surface area contributed by atoms with Gasteiger partial charge in [0.15, 0.2) is 12.7 Å². The van der Waals surface area contributed by atoms with E-state index in [1.54, 1.807) is 54.3 Å². The quantitative estimate of drug-likeness (QED) is 0.447. The number of nitrogens with zero attached hydrogens (tertiary/aromatic N) is 1. The highest BCUT2D eigenvalue weighted by molar-refractivity contribution is 6.00. The molecule has 2 amide bonds. The number of hydrogen-bond acceptors (Lipinski definition) is 6. The van der Waals surface area contributed by atoms with Crippen molar-refractivity contribution in [1.29, 1.82) is 0 Å². The van der Waals surface area contributed by atoms with E-state index in [0.717, 1.165) is 17.1 Å². The Morgan fingerprint density at radius 3 is 2.28 bits per heavy atom. The molecule has 36 heavy (non-hydrogen) atoms. The Morgan fingerprint density at radius 1 is 0.944 bits per heavy atom. The average Bonchev–Trinajstić information content (AvgIpc) is 2.87. The van der Waals surface area contributed by atoms with Crippen LogP contribution in [0.1, 0.15) is 19.4 Å². The van der Waals surface area contributed by atoms with Gasteiger partial charge >= 0.3 is 0 Å². The van der Waals surface area contributed by atoms with Crippen molar-refractivity contribution >= 4 is 23.2 Å². The highest BCUT2D eigenvalue weighted by Gasteiger charge is 2.31. The maximum absolute atomic E-state index is 12.8. The predicted molar refractivity (Wildman–Crippen MR) is 137 cm³/mol. The van der Waals surface area contributed by atoms with Gasteiger partial charge in [0, 0.05) is 11.8 Å². The maximum Gasteiger partial charge on any atom is 0.267 e. The van der Waals surface area contributed by atoms with Gasteiger partial charge in [-0.15, -0.1) is 0 Å². The Bertz CT molecular complexity index is 1190. The molecule has 0 saturated heterocycles. The van der Waals surface area contributed by atoms with Crippen molar-refractivity contribution < 1.29 is 28.5 Å². The van der Waals surface area contributed by atoms with Gasteiger partial charge in [-0.1, -0.05) is 17.7 Å². The summed E-state index contributed by atoms with van der Waals surface area (Å²) in [4.78, 5) is 26.8. The van der Waals surface area contributed by atoms with Gasteiger partial charge in [-0.05, 0) is 69.3 Å². The second kappa shape index (κ2) is 11.5. The summed E-state index contributed by atoms with van der Waals surface area (Å²) >= 11 is 0. The van der Waals surface area contributed by atoms with Gasteiger partial charge in [0.2, 0.25) is 0 Å². The first-order valence-corrected chi connectivity index (χ1v) is 11.9. The molecule has 8 heteroatoms. The minimum Gasteiger partial charge on any atom is -0.494 e. The molecule has 0 radical (unpaired) electrons. The van der Waals surface area contributed by atoms with Gasteiger partial charge in [0.25, 0.3) is 11.8 Å². The summed E-state index contributed by atoms with van der Waals surface area (Å²) in [6.07, 6.45) is -0.647. The number of benzene rings is 3. The van der Waals surface area contributed by atoms with E-state index in [4.69, 9.17) is 18.9 Å². The molecular weight excluding hydrogens is 460 g/mol. The molecule has 0 bridgehead atoms. The molecule has 0 saturated carbocycles. The summed E-state index contributed by atoms with van der Waals surface area (Å²) in [5, 5.41) is 2.81. The van der Waals surface area contributed by atoms with E-state index < -0.39 is 6.10 Å². The lowest BCUT2D eigenvalue weighted by atomic mass is 10.1. The number of ether oxygens (including phenoxy) is 4. The zero-order valence-electron chi connectivity index (χ0n) is 20.7. The van der Waals surface area contributed by atoms with Gasteiger partial charge in [-0.25, -0.2) is 0 Å². The van der Waals surface area contributed by atoms with E-state index in [1.165, 1.54) is 0 Å². The molecule has 1 aliphatic heterocycles. The van der Waals surface area contributed by atoms with E-state index in [-0.39, 0.29) is 18.4 Å². The monoisotopic (exact) mass is 490 g/mol. The molecule has 0 aromatic heterocycles. The first-order chi connectivity index (χ1) is 17.4. The number of rotatable bonds is 10. The molecule has 1 N–H and O–H groups in total. The first-order valence-electron chi connectivity index (χ1n) is 11.9. The molecule has 8 nitrogen and oxygen atoms in total. The summed E-state index contributed by atoms with van der Waals surface area (Å²) in [5.74, 6) is 2.12. The van der Waals surface area contributed by atoms with Gasteiger partial charge < -0.3 is 29.2 Å². The second-order valence-electron chi connectivity index (χ2n) is 8.34. The first kappa shape index (κ1) is 24.9. The molecule has 3 aromatic rings. The average molecular weight is 491 g/mol. The van der Waals surface area contributed by atoms with Crippen LogP contribution in [0.4, 0.5) is 11.4 Å². The number of carbonyl (C=O) groups excluding carboxylic acids is 2. The SMILES string of the molecule is CCOc1ccc(OCC(=O)Nc2ccc3c(c2)OC(C)C(=O)N3CCOc2ccc(C)cc2)cc1. The Balaban J connectivity index is 1.35. The summed E-state index contributed by atoms with van der Waals surface area (Å²) in [7, 11) is 0. The molecule has 1 unspecified atom stereocenters. The van der Waals surface area contributed by atoms with Crippen molar-refractivity contribution in [1.82, 2.24) is 0 Å². The highest BCUT2D eigenvalue weighted by Crippen LogP contribution is 2.36. The van der Waals surface area contributed by atoms with Crippen LogP contribution in [0.5, 0.6) is 23.0 Å². The van der Waals surface area contributed by atoms with Crippen molar-refractivity contribution in [3.05, 3.63) is 72.3 Å². The molecule has 1 aliphatic rings. The standard InChI is InChI=1S/C28H30N2O6/c1-4-33-22-10-12-24(13-11-22)35-18-27(31)29-21-7-14-25-26(17-21)36-20(3)28(32)30(25)15-16-34-23-8-5-19(2)6-9-23/h5-14,17,20H,4,15-16,18H2,1-3H3,(H,29,31). The van der Waals surface area contributed by atoms with E-state index in [1.807, 2.05) is 38.1 Å². The van der Waals surface area contributed by atoms with E-state index in [2.05, 4.69) is 5.32 Å². The third kappa shape index (κ3) is 6.27. The van der Waals surface area contributed by atoms with Gasteiger partial charge in [0.1, 0.15) is 29.6 Å². The molecule has 188 valence electrons. The third-order valence-corrected chi connectivity index (χ3v) is 5.56. The summed E-state index contributed by atoms with van der Waals surface area (Å²) in [5.41, 5.74) is 2.33. The van der Waals surface area contributed by atoms with Crippen molar-refractivity contribution in [3.8, 4) is 23.0 Å². The summed E-state index contributed by atoms with van der Waals surface area (Å²) in [6, 6.07) is 20.0. The summed E-state index contributed by atoms with van der Waals surface area (Å²) in [6.45, 7) is 6.77. The molecule has 0 aliphatic carbocycles. The Labute approximate surface area is 210 Å². The number of hydrogen-bond donors (Lipinski definition) is 1. The van der Waals surface area contributed by atoms with Crippen molar-refractivity contribution in [3.63, 3.8) is 0 Å². The van der Waals surface area contributed by atoms with Crippen LogP contribution in [0.15, 0.2) is 66.7 Å². The van der Waals surface area contributed by atoms with Crippen LogP contribution in [-0.4, -0.2) is 44.3 Å². The van der Waals surface area contributed by atoms with Crippen molar-refractivity contribution in [2.24, 2.45) is 0 Å². The fourth-order valence-electron chi connectivity index (χ4n) is 3.75. The number of anilines is 2. The zero-order chi connectivity index (χ0) is 25.5. The molecule has 0 spiro atoms. The second-order valence-corrected chi connectivity index (χ2v) is 8.34. The number of nitrogens with one attached hydrogen (secondary N) is 1. The third-order valence-electron chi connectivity index (χ3n) is 5.56. The van der Waals surface area contributed by atoms with Crippen LogP contribution in [0.25, 0.3) is 0 Å². The highest BCUT2D eigenvalue weighted by atomic mass is 16.5. The van der Waals surface area contributed by atoms with Gasteiger partial charge in [0.05, 0.1) is 18.8 Å². The molecule has 3 aromatic carbocycles. The number of carbonyl (C=O) groups is 2. The lowest BCUT2D eigenvalue weighted by Crippen LogP contribution is -2.46. The fourth-order valence-corrected chi connectivity index (χ4v) is 3.75. The van der Waals surface area contributed by atoms with Gasteiger partial charge in [-0.2, -0.15) is 0 Å². The Kier molecular flexibility index (Phi) is 7.95. The van der Waals surface area contributed by atoms with E-state index >= 15 is 0 Å². The van der Waals surface area contributed by atoms with Crippen LogP contribution in [-0.2, 0) is 9.59 Å². The Hall–Kier alpha value is -4.20. The zero-order valence-corrected chi connectivity index (χ0v) is 20.7. The fraction of sp³-hybridized carbons (Fsp3) is 0.286. The van der Waals surface area contributed by atoms with Crippen molar-refractivity contribution in [2.45, 2.75) is 26.9 Å². The van der Waals surface area contributed by atoms with Crippen LogP contribution in [0, 0.1) is 6.92 Å². The number of fused-ring (bicyclic) bond motifs is 1. The van der Waals surface area contributed by atoms with Gasteiger partial charge in [-0.3, -0.25) is 9.59 Å². The topological polar surface area (TPSA) is 86.3 Å². The smallest absolute Gasteiger partial charge is 0.267 e. The molecule has 0 fully saturated rings. The molecule has 4 rings (SSSR count). The maximum atomic E-state index is 12.8. The molecule has 1 atom stereocenters. The summed E-state index contributed by atoms with van der Waals surface area (Å²) < 4.78 is 22.6. The normalized spacial score (nSPS) is 14.5. The minimum atomic E-state index is -0.647. The predicted octanol–water partition coefficient (Wildman–Crippen LogP) is 4.60. The van der Waals surface area contributed by atoms with Crippen molar-refractivity contribution in [2.75, 3.05) is 36.6 Å². The van der Waals surface area contributed by atoms with E-state index in [0.29, 0.717) is 42.6 Å². The lowest BCUT2D eigenvalue weighted by Gasteiger charge is -2.33. The lowest BCUT2D eigenvalue weighted by molar-refractivity contribution is -0.125.